The van der Waals surface area contributed by atoms with Crippen LogP contribution in [0.5, 0.6) is 6.01 Å². The summed E-state index contributed by atoms with van der Waals surface area (Å²) in [5.41, 5.74) is -0.417. The molecule has 4 heterocycles. The van der Waals surface area contributed by atoms with Crippen LogP contribution >= 0.6 is 15.9 Å². The second kappa shape index (κ2) is 10.8. The normalized spacial score (nSPS) is 25.4. The van der Waals surface area contributed by atoms with Crippen LogP contribution in [0.3, 0.4) is 0 Å². The molecule has 10 nitrogen and oxygen atoms in total. The Hall–Kier alpha value is -2.75. The molecular formula is C29H36BrFN6O4. The van der Waals surface area contributed by atoms with Crippen LogP contribution < -0.4 is 9.64 Å². The molecule has 0 unspecified atom stereocenters. The van der Waals surface area contributed by atoms with Crippen LogP contribution in [-0.2, 0) is 9.47 Å². The number of nitriles is 1. The van der Waals surface area contributed by atoms with Crippen molar-refractivity contribution >= 4 is 38.7 Å². The van der Waals surface area contributed by atoms with Gasteiger partial charge in [-0.15, -0.1) is 0 Å². The van der Waals surface area contributed by atoms with Crippen LogP contribution in [0.25, 0.3) is 10.9 Å². The van der Waals surface area contributed by atoms with Crippen molar-refractivity contribution in [2.24, 2.45) is 5.41 Å². The highest BCUT2D eigenvalue weighted by molar-refractivity contribution is 9.10. The first-order chi connectivity index (χ1) is 19.6. The zero-order chi connectivity index (χ0) is 28.9. The van der Waals surface area contributed by atoms with Crippen molar-refractivity contribution in [1.29, 1.82) is 5.26 Å². The fraction of sp³-hybridized carbons (Fsp3) is 0.655. The lowest BCUT2D eigenvalue weighted by Gasteiger charge is -2.41. The van der Waals surface area contributed by atoms with E-state index in [9.17, 15) is 10.1 Å². The highest BCUT2D eigenvalue weighted by Crippen LogP contribution is 2.47. The summed E-state index contributed by atoms with van der Waals surface area (Å²) in [5, 5.41) is 10.3. The van der Waals surface area contributed by atoms with E-state index >= 15 is 4.39 Å². The number of carbonyl (C=O) groups excluding carboxylic acids is 1. The minimum atomic E-state index is -0.621. The van der Waals surface area contributed by atoms with Gasteiger partial charge in [-0.25, -0.2) is 9.18 Å². The summed E-state index contributed by atoms with van der Waals surface area (Å²) in [4.78, 5) is 28.6. The van der Waals surface area contributed by atoms with E-state index in [2.05, 4.69) is 36.8 Å². The minimum absolute atomic E-state index is 0.0373. The molecule has 220 valence electrons. The fourth-order valence-corrected chi connectivity index (χ4v) is 6.71. The monoisotopic (exact) mass is 630 g/mol. The number of amides is 1. The molecular weight excluding hydrogens is 595 g/mol. The molecule has 1 aliphatic carbocycles. The maximum absolute atomic E-state index is 15.4. The molecule has 1 aromatic heterocycles. The van der Waals surface area contributed by atoms with E-state index in [1.807, 2.05) is 20.8 Å². The van der Waals surface area contributed by atoms with Crippen molar-refractivity contribution < 1.29 is 23.4 Å². The summed E-state index contributed by atoms with van der Waals surface area (Å²) in [6, 6.07) is 5.22. The zero-order valence-corrected chi connectivity index (χ0v) is 25.3. The number of nitrogens with zero attached hydrogens (tertiary/aromatic N) is 6. The highest BCUT2D eigenvalue weighted by atomic mass is 79.9. The van der Waals surface area contributed by atoms with Gasteiger partial charge in [0.25, 0.3) is 0 Å². The van der Waals surface area contributed by atoms with Crippen molar-refractivity contribution in [2.45, 2.75) is 70.2 Å². The van der Waals surface area contributed by atoms with Crippen molar-refractivity contribution in [2.75, 3.05) is 50.9 Å². The Bertz CT molecular complexity index is 1370. The number of likely N-dealkylation sites (tertiary alicyclic amines) is 1. The third-order valence-corrected chi connectivity index (χ3v) is 9.15. The van der Waals surface area contributed by atoms with E-state index in [1.165, 1.54) is 0 Å². The molecule has 2 aromatic rings. The summed E-state index contributed by atoms with van der Waals surface area (Å²) < 4.78 is 33.1. The van der Waals surface area contributed by atoms with Crippen LogP contribution in [0.1, 0.15) is 46.5 Å². The zero-order valence-electron chi connectivity index (χ0n) is 23.7. The second-order valence-corrected chi connectivity index (χ2v) is 13.5. The van der Waals surface area contributed by atoms with E-state index in [0.717, 1.165) is 45.7 Å². The number of carbonyl (C=O) groups is 1. The Kier molecular flexibility index (Phi) is 7.49. The molecule has 6 rings (SSSR count). The van der Waals surface area contributed by atoms with E-state index in [1.54, 1.807) is 17.0 Å². The number of hydrogen-bond acceptors (Lipinski definition) is 9. The number of benzene rings is 1. The predicted octanol–water partition coefficient (Wildman–Crippen LogP) is 4.50. The number of ether oxygens (including phenoxy) is 3. The summed E-state index contributed by atoms with van der Waals surface area (Å²) in [7, 11) is 0. The number of hydrogen-bond donors (Lipinski definition) is 0. The summed E-state index contributed by atoms with van der Waals surface area (Å²) >= 11 is 3.30. The molecule has 3 saturated heterocycles. The van der Waals surface area contributed by atoms with Crippen molar-refractivity contribution in [3.05, 3.63) is 22.4 Å². The van der Waals surface area contributed by atoms with E-state index in [-0.39, 0.29) is 47.6 Å². The average Bonchev–Trinajstić information content (AvgIpc) is 3.41. The molecule has 0 radical (unpaired) electrons. The molecule has 3 atom stereocenters. The first-order valence-electron chi connectivity index (χ1n) is 14.3. The van der Waals surface area contributed by atoms with Gasteiger partial charge < -0.3 is 24.0 Å². The van der Waals surface area contributed by atoms with Crippen LogP contribution in [0, 0.1) is 22.6 Å². The smallest absolute Gasteiger partial charge is 0.410 e. The molecule has 0 N–H and O–H groups in total. The molecule has 12 heteroatoms. The van der Waals surface area contributed by atoms with Gasteiger partial charge in [0, 0.05) is 37.0 Å². The number of rotatable bonds is 7. The molecule has 41 heavy (non-hydrogen) atoms. The fourth-order valence-electron chi connectivity index (χ4n) is 6.39. The molecule has 1 amide bonds. The highest BCUT2D eigenvalue weighted by Gasteiger charge is 2.54. The molecule has 3 aliphatic heterocycles. The van der Waals surface area contributed by atoms with Crippen LogP contribution in [0.2, 0.25) is 0 Å². The Morgan fingerprint density at radius 1 is 1.27 bits per heavy atom. The average molecular weight is 632 g/mol. The number of halogens is 2. The number of anilines is 1. The molecule has 0 spiro atoms. The SMILES string of the molecule is CC(C)(C)OC(=O)N1C[C@H]2C[C@@H]1[C@@H](CC#N)N2c1nc(OCC2(CN3CCOCC3)CC2)nc2c(F)c(Br)ccc12. The third kappa shape index (κ3) is 5.68. The molecule has 2 bridgehead atoms. The van der Waals surface area contributed by atoms with Crippen molar-refractivity contribution in [3.63, 3.8) is 0 Å². The lowest BCUT2D eigenvalue weighted by Crippen LogP contribution is -2.56. The van der Waals surface area contributed by atoms with E-state index < -0.39 is 11.4 Å². The maximum Gasteiger partial charge on any atom is 0.410 e. The first kappa shape index (κ1) is 28.4. The van der Waals surface area contributed by atoms with Gasteiger partial charge >= 0.3 is 12.1 Å². The van der Waals surface area contributed by atoms with Gasteiger partial charge in [-0.3, -0.25) is 4.90 Å². The van der Waals surface area contributed by atoms with Crippen LogP contribution in [0.4, 0.5) is 15.0 Å². The Balaban J connectivity index is 1.30. The molecule has 4 fully saturated rings. The van der Waals surface area contributed by atoms with Gasteiger partial charge in [-0.05, 0) is 68.1 Å². The first-order valence-corrected chi connectivity index (χ1v) is 15.1. The van der Waals surface area contributed by atoms with Crippen molar-refractivity contribution in [1.82, 2.24) is 19.8 Å². The van der Waals surface area contributed by atoms with Gasteiger partial charge in [0.15, 0.2) is 5.82 Å². The topological polar surface area (TPSA) is 104 Å². The third-order valence-electron chi connectivity index (χ3n) is 8.54. The van der Waals surface area contributed by atoms with Crippen molar-refractivity contribution in [3.8, 4) is 12.1 Å². The number of morpholine rings is 1. The standard InChI is InChI=1S/C29H36BrFN6O4/c1-28(2,3)41-27(38)36-15-18-14-22(36)21(6-9-32)37(18)25-19-4-5-20(30)23(31)24(19)33-26(34-25)40-17-29(7-8-29)16-35-10-12-39-13-11-35/h4-5,18,21-22H,6-8,10-17H2,1-3H3/t18-,21-,22-/m1/s1. The Morgan fingerprint density at radius 3 is 2.71 bits per heavy atom. The van der Waals surface area contributed by atoms with E-state index in [0.29, 0.717) is 35.2 Å². The largest absolute Gasteiger partial charge is 0.463 e. The van der Waals surface area contributed by atoms with Crippen LogP contribution in [0.15, 0.2) is 16.6 Å². The van der Waals surface area contributed by atoms with Gasteiger partial charge in [-0.2, -0.15) is 15.2 Å². The Morgan fingerprint density at radius 2 is 2.02 bits per heavy atom. The lowest BCUT2D eigenvalue weighted by molar-refractivity contribution is 0.0183. The minimum Gasteiger partial charge on any atom is -0.463 e. The molecule has 1 aromatic carbocycles. The second-order valence-electron chi connectivity index (χ2n) is 12.7. The number of fused-ring (bicyclic) bond motifs is 3. The molecule has 1 saturated carbocycles. The van der Waals surface area contributed by atoms with Gasteiger partial charge in [-0.1, -0.05) is 0 Å². The number of piperazine rings is 1. The van der Waals surface area contributed by atoms with Gasteiger partial charge in [0.1, 0.15) is 16.9 Å². The lowest BCUT2D eigenvalue weighted by atomic mass is 10.1. The van der Waals surface area contributed by atoms with E-state index in [4.69, 9.17) is 19.2 Å². The predicted molar refractivity (Wildman–Crippen MR) is 153 cm³/mol. The number of aromatic nitrogens is 2. The quantitative estimate of drug-likeness (QED) is 0.437. The summed E-state index contributed by atoms with van der Waals surface area (Å²) in [6.07, 6.45) is 2.60. The summed E-state index contributed by atoms with van der Waals surface area (Å²) in [5.74, 6) is 0.0491. The van der Waals surface area contributed by atoms with Crippen LogP contribution in [-0.4, -0.2) is 95.6 Å². The molecule has 4 aliphatic rings. The van der Waals surface area contributed by atoms with Gasteiger partial charge in [0.2, 0.25) is 0 Å². The summed E-state index contributed by atoms with van der Waals surface area (Å²) in [6.45, 7) is 10.6. The maximum atomic E-state index is 15.4. The van der Waals surface area contributed by atoms with Gasteiger partial charge in [0.05, 0.1) is 54.9 Å². The Labute approximate surface area is 247 Å².